The van der Waals surface area contributed by atoms with Crippen molar-refractivity contribution in [2.45, 2.75) is 11.5 Å². The molecule has 3 aromatic rings. The number of carbonyl (C=O) groups excluding carboxylic acids is 2. The maximum Gasteiger partial charge on any atom is 0.331 e. The van der Waals surface area contributed by atoms with Crippen molar-refractivity contribution in [3.8, 4) is 11.1 Å². The molecule has 0 fully saturated rings. The van der Waals surface area contributed by atoms with Crippen LogP contribution in [0.3, 0.4) is 0 Å². The zero-order valence-electron chi connectivity index (χ0n) is 16.9. The number of carbonyl (C=O) groups is 2. The third-order valence-electron chi connectivity index (χ3n) is 4.60. The second-order valence-corrected chi connectivity index (χ2v) is 8.45. The fourth-order valence-corrected chi connectivity index (χ4v) is 3.50. The number of amides is 1. The maximum atomic E-state index is 12.1. The number of rotatable bonds is 7. The van der Waals surface area contributed by atoms with Crippen LogP contribution >= 0.6 is 0 Å². The summed E-state index contributed by atoms with van der Waals surface area (Å²) in [5.74, 6) is -1.31. The molecule has 0 saturated heterocycles. The van der Waals surface area contributed by atoms with Crippen LogP contribution in [0.5, 0.6) is 0 Å². The van der Waals surface area contributed by atoms with Crippen LogP contribution in [-0.2, 0) is 26.2 Å². The first-order valence-electron chi connectivity index (χ1n) is 9.40. The summed E-state index contributed by atoms with van der Waals surface area (Å²) in [6, 6.07) is 18.0. The van der Waals surface area contributed by atoms with Crippen molar-refractivity contribution in [3.05, 3.63) is 89.5 Å². The molecule has 32 heavy (non-hydrogen) atoms. The number of nitrogen functional groups attached to an aromatic ring is 1. The van der Waals surface area contributed by atoms with Gasteiger partial charge in [0.15, 0.2) is 0 Å². The zero-order valence-corrected chi connectivity index (χ0v) is 17.7. The van der Waals surface area contributed by atoms with Crippen molar-refractivity contribution in [1.82, 2.24) is 0 Å². The molecule has 0 atom stereocenters. The van der Waals surface area contributed by atoms with Gasteiger partial charge in [0.05, 0.1) is 16.1 Å². The Balaban J connectivity index is 1.88. The third kappa shape index (κ3) is 5.60. The number of primary amides is 1. The molecule has 9 heteroatoms. The Labute approximate surface area is 185 Å². The number of esters is 1. The van der Waals surface area contributed by atoms with Crippen molar-refractivity contribution in [2.24, 2.45) is 10.9 Å². The van der Waals surface area contributed by atoms with Crippen molar-refractivity contribution >= 4 is 33.7 Å². The SMILES string of the molecule is NC(=O)c1cc(/C=C/C(=O)OCc2ccccc2)cc(-c2ccc(S(N)(=O)=O)cc2)c1N. The van der Waals surface area contributed by atoms with Gasteiger partial charge in [-0.2, -0.15) is 0 Å². The van der Waals surface area contributed by atoms with Gasteiger partial charge in [-0.1, -0.05) is 42.5 Å². The molecule has 0 saturated carbocycles. The standard InChI is InChI=1S/C23H21N3O5S/c24-22-19(17-7-9-18(10-8-17)32(26,29)30)12-16(13-20(22)23(25)28)6-11-21(27)31-14-15-4-2-1-3-5-15/h1-13H,14,24H2,(H2,25,28)(H2,26,29,30)/b11-6+. The number of ether oxygens (including phenoxy) is 1. The Bertz CT molecular complexity index is 1290. The van der Waals surface area contributed by atoms with E-state index in [2.05, 4.69) is 0 Å². The summed E-state index contributed by atoms with van der Waals surface area (Å²) >= 11 is 0. The van der Waals surface area contributed by atoms with E-state index in [1.165, 1.54) is 42.5 Å². The molecule has 0 aliphatic heterocycles. The van der Waals surface area contributed by atoms with E-state index in [-0.39, 0.29) is 22.8 Å². The van der Waals surface area contributed by atoms with Gasteiger partial charge in [0.25, 0.3) is 5.91 Å². The Morgan fingerprint density at radius 2 is 1.62 bits per heavy atom. The molecule has 0 spiro atoms. The molecule has 0 aliphatic rings. The fourth-order valence-electron chi connectivity index (χ4n) is 2.98. The van der Waals surface area contributed by atoms with E-state index in [0.717, 1.165) is 5.56 Å². The van der Waals surface area contributed by atoms with Gasteiger partial charge < -0.3 is 16.2 Å². The van der Waals surface area contributed by atoms with Gasteiger partial charge in [-0.05, 0) is 47.0 Å². The van der Waals surface area contributed by atoms with Crippen molar-refractivity contribution in [2.75, 3.05) is 5.73 Å². The minimum absolute atomic E-state index is 0.0628. The van der Waals surface area contributed by atoms with Crippen LogP contribution in [0.2, 0.25) is 0 Å². The zero-order chi connectivity index (χ0) is 23.3. The lowest BCUT2D eigenvalue weighted by Gasteiger charge is -2.12. The van der Waals surface area contributed by atoms with Crippen molar-refractivity contribution < 1.29 is 22.7 Å². The average Bonchev–Trinajstić information content (AvgIpc) is 2.77. The Morgan fingerprint density at radius 1 is 0.969 bits per heavy atom. The molecule has 0 unspecified atom stereocenters. The molecule has 8 nitrogen and oxygen atoms in total. The highest BCUT2D eigenvalue weighted by Crippen LogP contribution is 2.31. The molecule has 0 aromatic heterocycles. The monoisotopic (exact) mass is 451 g/mol. The highest BCUT2D eigenvalue weighted by Gasteiger charge is 2.15. The van der Waals surface area contributed by atoms with Crippen LogP contribution in [-0.4, -0.2) is 20.3 Å². The van der Waals surface area contributed by atoms with E-state index in [0.29, 0.717) is 16.7 Å². The van der Waals surface area contributed by atoms with Crippen molar-refractivity contribution in [3.63, 3.8) is 0 Å². The second kappa shape index (κ2) is 9.46. The second-order valence-electron chi connectivity index (χ2n) is 6.89. The van der Waals surface area contributed by atoms with Crippen LogP contribution in [0.25, 0.3) is 17.2 Å². The fraction of sp³-hybridized carbons (Fsp3) is 0.0435. The summed E-state index contributed by atoms with van der Waals surface area (Å²) < 4.78 is 28.2. The topological polar surface area (TPSA) is 156 Å². The van der Waals surface area contributed by atoms with E-state index in [4.69, 9.17) is 21.3 Å². The van der Waals surface area contributed by atoms with E-state index < -0.39 is 21.9 Å². The van der Waals surface area contributed by atoms with Gasteiger partial charge in [0.1, 0.15) is 6.61 Å². The van der Waals surface area contributed by atoms with E-state index in [1.807, 2.05) is 30.3 Å². The van der Waals surface area contributed by atoms with E-state index >= 15 is 0 Å². The summed E-state index contributed by atoms with van der Waals surface area (Å²) in [5, 5.41) is 5.13. The molecule has 0 radical (unpaired) electrons. The van der Waals surface area contributed by atoms with E-state index in [1.54, 1.807) is 6.07 Å². The highest BCUT2D eigenvalue weighted by molar-refractivity contribution is 7.89. The molecule has 0 heterocycles. The first kappa shape index (κ1) is 22.7. The number of sulfonamides is 1. The number of nitrogens with two attached hydrogens (primary N) is 3. The molecule has 3 rings (SSSR count). The van der Waals surface area contributed by atoms with Crippen LogP contribution in [0.15, 0.2) is 77.7 Å². The van der Waals surface area contributed by atoms with Crippen molar-refractivity contribution in [1.29, 1.82) is 0 Å². The quantitative estimate of drug-likeness (QED) is 0.285. The smallest absolute Gasteiger partial charge is 0.331 e. The van der Waals surface area contributed by atoms with Crippen LogP contribution in [0.4, 0.5) is 5.69 Å². The number of hydrogen-bond acceptors (Lipinski definition) is 6. The largest absolute Gasteiger partial charge is 0.458 e. The van der Waals surface area contributed by atoms with Gasteiger partial charge in [0, 0.05) is 11.6 Å². The van der Waals surface area contributed by atoms with Gasteiger partial charge in [-0.25, -0.2) is 18.4 Å². The van der Waals surface area contributed by atoms with E-state index in [9.17, 15) is 18.0 Å². The summed E-state index contributed by atoms with van der Waals surface area (Å²) in [5.41, 5.74) is 14.1. The molecule has 0 bridgehead atoms. The number of anilines is 1. The number of benzene rings is 3. The minimum atomic E-state index is -3.85. The molecule has 164 valence electrons. The predicted octanol–water partition coefficient (Wildman–Crippen LogP) is 2.44. The molecule has 1 amide bonds. The van der Waals surface area contributed by atoms with Crippen LogP contribution in [0.1, 0.15) is 21.5 Å². The third-order valence-corrected chi connectivity index (χ3v) is 5.53. The number of primary sulfonamides is 1. The van der Waals surface area contributed by atoms with Gasteiger partial charge in [-0.15, -0.1) is 0 Å². The summed E-state index contributed by atoms with van der Waals surface area (Å²) in [6.45, 7) is 0.125. The normalized spacial score (nSPS) is 11.4. The van der Waals surface area contributed by atoms with Crippen LogP contribution < -0.4 is 16.6 Å². The molecule has 0 aliphatic carbocycles. The molecule has 6 N–H and O–H groups in total. The maximum absolute atomic E-state index is 12.1. The lowest BCUT2D eigenvalue weighted by molar-refractivity contribution is -0.138. The minimum Gasteiger partial charge on any atom is -0.458 e. The van der Waals surface area contributed by atoms with Gasteiger partial charge >= 0.3 is 5.97 Å². The van der Waals surface area contributed by atoms with Gasteiger partial charge in [-0.3, -0.25) is 4.79 Å². The Kier molecular flexibility index (Phi) is 6.72. The average molecular weight is 452 g/mol. The van der Waals surface area contributed by atoms with Crippen LogP contribution in [0, 0.1) is 0 Å². The first-order chi connectivity index (χ1) is 15.1. The van der Waals surface area contributed by atoms with Gasteiger partial charge in [0.2, 0.25) is 10.0 Å². The lowest BCUT2D eigenvalue weighted by Crippen LogP contribution is -2.14. The summed E-state index contributed by atoms with van der Waals surface area (Å²) in [4.78, 5) is 23.9. The Morgan fingerprint density at radius 3 is 2.22 bits per heavy atom. The molecular weight excluding hydrogens is 430 g/mol. The molecule has 3 aromatic carbocycles. The molecular formula is C23H21N3O5S. The highest BCUT2D eigenvalue weighted by atomic mass is 32.2. The summed E-state index contributed by atoms with van der Waals surface area (Å²) in [6.07, 6.45) is 2.70. The Hall–Kier alpha value is -3.95. The first-order valence-corrected chi connectivity index (χ1v) is 10.9. The summed E-state index contributed by atoms with van der Waals surface area (Å²) in [7, 11) is -3.85. The lowest BCUT2D eigenvalue weighted by atomic mass is 9.96. The predicted molar refractivity (Wildman–Crippen MR) is 121 cm³/mol. The number of hydrogen-bond donors (Lipinski definition) is 3.